The molecule has 0 aliphatic carbocycles. The van der Waals surface area contributed by atoms with Crippen molar-refractivity contribution in [1.82, 2.24) is 35.5 Å². The molecule has 0 radical (unpaired) electrons. The Labute approximate surface area is 367 Å². The van der Waals surface area contributed by atoms with E-state index in [0.717, 1.165) is 38.9 Å². The monoisotopic (exact) mass is 862 g/mol. The number of hydrogen-bond donors (Lipinski definition) is 5. The normalized spacial score (nSPS) is 18.6. The van der Waals surface area contributed by atoms with Gasteiger partial charge in [0.25, 0.3) is 5.91 Å². The summed E-state index contributed by atoms with van der Waals surface area (Å²) in [5, 5.41) is 27.8. The maximum Gasteiger partial charge on any atom is 0.324 e. The summed E-state index contributed by atoms with van der Waals surface area (Å²) in [5.41, 5.74) is 15.2. The number of esters is 1. The van der Waals surface area contributed by atoms with Gasteiger partial charge in [-0.25, -0.2) is 5.43 Å². The van der Waals surface area contributed by atoms with Crippen LogP contribution >= 0.6 is 0 Å². The highest BCUT2D eigenvalue weighted by atomic mass is 16.5. The number of hydrogen-bond acceptors (Lipinski definition) is 11. The third-order valence-electron chi connectivity index (χ3n) is 11.6. The number of pyridine rings is 1. The molecule has 17 nitrogen and oxygen atoms in total. The van der Waals surface area contributed by atoms with E-state index in [4.69, 9.17) is 20.5 Å². The number of cyclic esters (lactones) is 1. The molecule has 3 amide bonds. The average molecular weight is 863 g/mol. The standard InChI is InChI=1S/C46H58N10O7/c1-8-55-38-12-11-29-20-33(38)34(41(55)35-22-49-14-13-30(35)24-62-7)21-46(4,5)25-63-44(61)36-10-9-15-56(53-36)43(60)37(18-28-16-31(29)19-32(57)17-28)52-42(59)40(27(2)3)54(6)39(58)23-50-45(48)51-26-47/h11-14,16-17,19-20,22,27,36-37,40,53,57H,8-10,15,18,21,23-25H2,1-7H3,(H,52,59)(H3,48,50,51)/t36-,37-,40-/m0/s1. The lowest BCUT2D eigenvalue weighted by atomic mass is 9.84. The molecule has 6 bridgehead atoms. The van der Waals surface area contributed by atoms with Gasteiger partial charge in [-0.1, -0.05) is 39.8 Å². The predicted octanol–water partition coefficient (Wildman–Crippen LogP) is 3.76. The molecule has 0 spiro atoms. The molecule has 2 aromatic heterocycles. The highest BCUT2D eigenvalue weighted by molar-refractivity contribution is 5.96. The van der Waals surface area contributed by atoms with Crippen LogP contribution in [0.1, 0.15) is 64.2 Å². The van der Waals surface area contributed by atoms with Crippen LogP contribution in [0, 0.1) is 22.8 Å². The number of aromatic nitrogens is 2. The van der Waals surface area contributed by atoms with Crippen molar-refractivity contribution in [3.63, 3.8) is 0 Å². The number of methoxy groups -OCH3 is 1. The van der Waals surface area contributed by atoms with Gasteiger partial charge in [0, 0.05) is 67.9 Å². The molecule has 4 aromatic rings. The van der Waals surface area contributed by atoms with E-state index in [1.54, 1.807) is 45.5 Å². The molecule has 63 heavy (non-hydrogen) atoms. The van der Waals surface area contributed by atoms with Gasteiger partial charge < -0.3 is 40.4 Å². The van der Waals surface area contributed by atoms with Crippen LogP contribution in [-0.2, 0) is 54.6 Å². The second-order valence-corrected chi connectivity index (χ2v) is 17.3. The number of aliphatic imine (C=N–C) groups is 1. The zero-order chi connectivity index (χ0) is 45.6. The molecule has 4 heterocycles. The number of nitrogens with zero attached hydrogens (tertiary/aromatic N) is 6. The highest BCUT2D eigenvalue weighted by Gasteiger charge is 2.37. The Morgan fingerprint density at radius 2 is 1.97 bits per heavy atom. The van der Waals surface area contributed by atoms with Crippen molar-refractivity contribution in [3.05, 3.63) is 71.5 Å². The van der Waals surface area contributed by atoms with Gasteiger partial charge in [0.1, 0.15) is 23.9 Å². The first-order valence-electron chi connectivity index (χ1n) is 21.2. The smallest absolute Gasteiger partial charge is 0.324 e. The van der Waals surface area contributed by atoms with E-state index in [1.807, 2.05) is 24.4 Å². The summed E-state index contributed by atoms with van der Waals surface area (Å²) < 4.78 is 13.9. The van der Waals surface area contributed by atoms with Gasteiger partial charge in [0.2, 0.25) is 24.0 Å². The molecule has 334 valence electrons. The van der Waals surface area contributed by atoms with Crippen LogP contribution in [0.3, 0.4) is 0 Å². The number of phenolic OH excluding ortho intramolecular Hbond substituents is 1. The minimum Gasteiger partial charge on any atom is -0.508 e. The van der Waals surface area contributed by atoms with Gasteiger partial charge in [-0.15, -0.1) is 4.99 Å². The first-order valence-corrected chi connectivity index (χ1v) is 21.2. The number of aromatic hydroxyl groups is 1. The third-order valence-corrected chi connectivity index (χ3v) is 11.6. The van der Waals surface area contributed by atoms with Gasteiger partial charge in [-0.2, -0.15) is 5.26 Å². The third kappa shape index (κ3) is 10.4. The zero-order valence-electron chi connectivity index (χ0n) is 37.0. The number of carbonyl (C=O) groups excluding carboxylic acids is 4. The van der Waals surface area contributed by atoms with Crippen molar-refractivity contribution in [2.45, 2.75) is 91.6 Å². The number of carbonyl (C=O) groups is 4. The lowest BCUT2D eigenvalue weighted by Crippen LogP contribution is -2.62. The Hall–Kier alpha value is -6.51. The van der Waals surface area contributed by atoms with Crippen molar-refractivity contribution in [2.75, 3.05) is 33.9 Å². The average Bonchev–Trinajstić information content (AvgIpc) is 3.55. The van der Waals surface area contributed by atoms with E-state index in [-0.39, 0.29) is 37.8 Å². The van der Waals surface area contributed by atoms with E-state index < -0.39 is 53.1 Å². The van der Waals surface area contributed by atoms with Crippen molar-refractivity contribution in [3.8, 4) is 34.3 Å². The summed E-state index contributed by atoms with van der Waals surface area (Å²) in [5.74, 6) is -2.77. The molecular formula is C46H58N10O7. The summed E-state index contributed by atoms with van der Waals surface area (Å²) >= 11 is 0. The fourth-order valence-electron chi connectivity index (χ4n) is 8.65. The molecule has 6 rings (SSSR count). The van der Waals surface area contributed by atoms with Crippen molar-refractivity contribution >= 4 is 40.6 Å². The number of nitrogens with two attached hydrogens (primary N) is 1. The van der Waals surface area contributed by atoms with E-state index in [0.29, 0.717) is 43.5 Å². The SMILES string of the molecule is CCn1c(-c2cnccc2COC)c2c3cc(ccc31)-c1cc(O)cc(c1)C[C@H](NC(=O)[C@H](C(C)C)N(C)C(=O)CN/C(N)=N/C#N)C(=O)N1CCC[C@H](N1)C(=O)OCC(C)(C)C2. The van der Waals surface area contributed by atoms with Crippen LogP contribution in [0.4, 0.5) is 0 Å². The summed E-state index contributed by atoms with van der Waals surface area (Å²) in [6.45, 7) is 10.8. The molecule has 1 saturated heterocycles. The molecular weight excluding hydrogens is 805 g/mol. The van der Waals surface area contributed by atoms with Crippen molar-refractivity contribution < 1.29 is 33.8 Å². The number of rotatable bonds is 10. The molecule has 3 atom stereocenters. The van der Waals surface area contributed by atoms with Crippen LogP contribution in [0.5, 0.6) is 5.75 Å². The summed E-state index contributed by atoms with van der Waals surface area (Å²) in [6.07, 6.45) is 6.59. The van der Waals surface area contributed by atoms with Crippen LogP contribution in [0.2, 0.25) is 0 Å². The van der Waals surface area contributed by atoms with Crippen LogP contribution in [-0.4, -0.2) is 106 Å². The van der Waals surface area contributed by atoms with Gasteiger partial charge in [0.05, 0.1) is 25.5 Å². The number of benzene rings is 2. The number of phenols is 1. The summed E-state index contributed by atoms with van der Waals surface area (Å²) in [7, 11) is 3.13. The topological polar surface area (TPSA) is 230 Å². The van der Waals surface area contributed by atoms with E-state index in [2.05, 4.69) is 63.5 Å². The first-order chi connectivity index (χ1) is 30.0. The number of guanidine groups is 1. The lowest BCUT2D eigenvalue weighted by Gasteiger charge is -2.36. The van der Waals surface area contributed by atoms with Gasteiger partial charge in [0.15, 0.2) is 0 Å². The molecule has 0 saturated carbocycles. The fourth-order valence-corrected chi connectivity index (χ4v) is 8.65. The maximum absolute atomic E-state index is 14.6. The quantitative estimate of drug-likeness (QED) is 0.0665. The molecule has 1 fully saturated rings. The maximum atomic E-state index is 14.6. The Morgan fingerprint density at radius 3 is 2.68 bits per heavy atom. The lowest BCUT2D eigenvalue weighted by molar-refractivity contribution is -0.155. The minimum absolute atomic E-state index is 0.0294. The first kappa shape index (κ1) is 46.0. The number of likely N-dealkylation sites (N-methyl/N-ethyl adjacent to an activating group) is 1. The molecule has 6 N–H and O–H groups in total. The van der Waals surface area contributed by atoms with E-state index in [1.165, 1.54) is 17.0 Å². The predicted molar refractivity (Wildman–Crippen MR) is 237 cm³/mol. The number of hydrazine groups is 1. The Balaban J connectivity index is 1.46. The van der Waals surface area contributed by atoms with E-state index in [9.17, 15) is 24.3 Å². The number of ether oxygens (including phenoxy) is 2. The largest absolute Gasteiger partial charge is 0.508 e. The van der Waals surface area contributed by atoms with Crippen LogP contribution < -0.4 is 21.8 Å². The second-order valence-electron chi connectivity index (χ2n) is 17.3. The van der Waals surface area contributed by atoms with Gasteiger partial charge in [-0.05, 0) is 90.3 Å². The fraction of sp³-hybridized carbons (Fsp3) is 0.457. The van der Waals surface area contributed by atoms with Crippen molar-refractivity contribution in [1.29, 1.82) is 5.26 Å². The highest BCUT2D eigenvalue weighted by Crippen LogP contribution is 2.41. The van der Waals surface area contributed by atoms with Gasteiger partial charge >= 0.3 is 5.97 Å². The number of nitriles is 1. The zero-order valence-corrected chi connectivity index (χ0v) is 37.0. The number of nitrogens with one attached hydrogen (secondary N) is 3. The van der Waals surface area contributed by atoms with Gasteiger partial charge in [-0.3, -0.25) is 29.2 Å². The van der Waals surface area contributed by atoms with Crippen LogP contribution in [0.15, 0.2) is 59.9 Å². The van der Waals surface area contributed by atoms with E-state index >= 15 is 0 Å². The summed E-state index contributed by atoms with van der Waals surface area (Å²) in [6, 6.07) is 10.2. The molecule has 2 aromatic carbocycles. The van der Waals surface area contributed by atoms with Crippen LogP contribution in [0.25, 0.3) is 33.3 Å². The molecule has 2 aliphatic heterocycles. The molecule has 2 aliphatic rings. The van der Waals surface area contributed by atoms with Crippen molar-refractivity contribution in [2.24, 2.45) is 22.1 Å². The molecule has 17 heteroatoms. The number of aryl methyl sites for hydroxylation is 1. The number of amides is 3. The Bertz CT molecular complexity index is 2440. The second kappa shape index (κ2) is 19.7. The molecule has 0 unspecified atom stereocenters. The number of fused-ring (bicyclic) bond motifs is 6. The Morgan fingerprint density at radius 1 is 1.19 bits per heavy atom. The Kier molecular flexibility index (Phi) is 14.4. The minimum atomic E-state index is -1.19. The summed E-state index contributed by atoms with van der Waals surface area (Å²) in [4.78, 5) is 65.1.